The molecule has 0 atom stereocenters. The van der Waals surface area contributed by atoms with Crippen LogP contribution in [0.25, 0.3) is 22.5 Å². The quantitative estimate of drug-likeness (QED) is 0.504. The lowest BCUT2D eigenvalue weighted by molar-refractivity contribution is 0.0991. The van der Waals surface area contributed by atoms with Gasteiger partial charge in [0, 0.05) is 29.1 Å². The van der Waals surface area contributed by atoms with E-state index in [1.165, 1.54) is 0 Å². The minimum absolute atomic E-state index is 0.111. The highest BCUT2D eigenvalue weighted by Crippen LogP contribution is 2.33. The molecule has 124 valence electrons. The van der Waals surface area contributed by atoms with Gasteiger partial charge in [-0.25, -0.2) is 4.98 Å². The molecule has 0 radical (unpaired) electrons. The third kappa shape index (κ3) is 2.55. The van der Waals surface area contributed by atoms with Crippen molar-refractivity contribution in [3.8, 4) is 22.5 Å². The number of pyridine rings is 1. The molecule has 0 saturated carbocycles. The molecule has 0 aliphatic heterocycles. The van der Waals surface area contributed by atoms with Crippen molar-refractivity contribution in [1.82, 2.24) is 15.0 Å². The van der Waals surface area contributed by atoms with Gasteiger partial charge in [0.25, 0.3) is 5.91 Å². The zero-order valence-electron chi connectivity index (χ0n) is 13.2. The Morgan fingerprint density at radius 2 is 1.96 bits per heavy atom. The number of rotatable bonds is 3. The summed E-state index contributed by atoms with van der Waals surface area (Å²) < 4.78 is 0. The van der Waals surface area contributed by atoms with Gasteiger partial charge in [-0.15, -0.1) is 0 Å². The highest BCUT2D eigenvalue weighted by atomic mass is 16.4. The maximum absolute atomic E-state index is 11.6. The Labute approximate surface area is 143 Å². The van der Waals surface area contributed by atoms with Gasteiger partial charge in [-0.05, 0) is 36.6 Å². The highest BCUT2D eigenvalue weighted by Gasteiger charge is 2.21. The molecular formula is C18H15N5O2. The van der Waals surface area contributed by atoms with Gasteiger partial charge in [0.1, 0.15) is 0 Å². The van der Waals surface area contributed by atoms with Crippen LogP contribution in [-0.2, 0) is 6.42 Å². The zero-order chi connectivity index (χ0) is 17.4. The van der Waals surface area contributed by atoms with Crippen molar-refractivity contribution < 1.29 is 10.0 Å². The molecule has 7 heteroatoms. The van der Waals surface area contributed by atoms with Crippen molar-refractivity contribution in [2.75, 3.05) is 0 Å². The van der Waals surface area contributed by atoms with Crippen LogP contribution in [0.3, 0.4) is 0 Å². The molecule has 0 fully saturated rings. The van der Waals surface area contributed by atoms with Gasteiger partial charge in [-0.2, -0.15) is 0 Å². The number of carbonyl (C=O) groups is 1. The Hall–Kier alpha value is -3.48. The molecule has 1 amide bonds. The SMILES string of the molecule is NC(=O)c1nc(-c2ccc3c(c2)CCC3=NO)c(-c2ccncc2)[nH]1. The molecule has 2 aromatic heterocycles. The molecule has 1 aliphatic carbocycles. The van der Waals surface area contributed by atoms with Crippen LogP contribution < -0.4 is 5.73 Å². The number of hydrogen-bond donors (Lipinski definition) is 3. The third-order valence-corrected chi connectivity index (χ3v) is 4.35. The molecule has 4 N–H and O–H groups in total. The van der Waals surface area contributed by atoms with Crippen LogP contribution >= 0.6 is 0 Å². The van der Waals surface area contributed by atoms with E-state index in [9.17, 15) is 4.79 Å². The van der Waals surface area contributed by atoms with Gasteiger partial charge >= 0.3 is 0 Å². The molecule has 4 rings (SSSR count). The number of benzene rings is 1. The summed E-state index contributed by atoms with van der Waals surface area (Å²) in [5.74, 6) is -0.502. The van der Waals surface area contributed by atoms with E-state index in [4.69, 9.17) is 10.9 Å². The summed E-state index contributed by atoms with van der Waals surface area (Å²) in [4.78, 5) is 23.0. The Balaban J connectivity index is 1.87. The first-order valence-electron chi connectivity index (χ1n) is 7.82. The summed E-state index contributed by atoms with van der Waals surface area (Å²) in [6, 6.07) is 9.51. The number of hydrogen-bond acceptors (Lipinski definition) is 5. The van der Waals surface area contributed by atoms with Gasteiger partial charge in [0.05, 0.1) is 17.1 Å². The van der Waals surface area contributed by atoms with Gasteiger partial charge in [-0.1, -0.05) is 17.3 Å². The number of nitrogens with zero attached hydrogens (tertiary/aromatic N) is 3. The fourth-order valence-corrected chi connectivity index (χ4v) is 3.15. The lowest BCUT2D eigenvalue weighted by Crippen LogP contribution is -2.12. The van der Waals surface area contributed by atoms with Crippen molar-refractivity contribution in [1.29, 1.82) is 0 Å². The fourth-order valence-electron chi connectivity index (χ4n) is 3.15. The number of fused-ring (bicyclic) bond motifs is 1. The summed E-state index contributed by atoms with van der Waals surface area (Å²) in [5.41, 5.74) is 11.2. The van der Waals surface area contributed by atoms with E-state index >= 15 is 0 Å². The predicted octanol–water partition coefficient (Wildman–Crippen LogP) is 2.36. The normalized spacial score (nSPS) is 14.6. The largest absolute Gasteiger partial charge is 0.411 e. The Bertz CT molecular complexity index is 992. The van der Waals surface area contributed by atoms with Crippen LogP contribution in [0.1, 0.15) is 28.2 Å². The Kier molecular flexibility index (Phi) is 3.53. The van der Waals surface area contributed by atoms with Gasteiger partial charge in [-0.3, -0.25) is 9.78 Å². The molecule has 3 aromatic rings. The minimum atomic E-state index is -0.614. The van der Waals surface area contributed by atoms with Crippen LogP contribution in [0, 0.1) is 0 Å². The average Bonchev–Trinajstić information content (AvgIpc) is 3.26. The molecule has 1 aromatic carbocycles. The summed E-state index contributed by atoms with van der Waals surface area (Å²) >= 11 is 0. The van der Waals surface area contributed by atoms with E-state index in [-0.39, 0.29) is 5.82 Å². The number of aromatic amines is 1. The number of carbonyl (C=O) groups excluding carboxylic acids is 1. The number of nitrogens with two attached hydrogens (primary N) is 1. The molecule has 2 heterocycles. The summed E-state index contributed by atoms with van der Waals surface area (Å²) in [6.45, 7) is 0. The monoisotopic (exact) mass is 333 g/mol. The van der Waals surface area contributed by atoms with Gasteiger partial charge in [0.15, 0.2) is 5.82 Å². The van der Waals surface area contributed by atoms with Crippen molar-refractivity contribution >= 4 is 11.6 Å². The molecule has 0 spiro atoms. The van der Waals surface area contributed by atoms with E-state index in [2.05, 4.69) is 20.1 Å². The molecule has 0 saturated heterocycles. The first kappa shape index (κ1) is 15.1. The van der Waals surface area contributed by atoms with E-state index in [0.29, 0.717) is 23.5 Å². The van der Waals surface area contributed by atoms with Gasteiger partial charge in [0.2, 0.25) is 0 Å². The first-order chi connectivity index (χ1) is 12.2. The van der Waals surface area contributed by atoms with Crippen molar-refractivity contribution in [2.24, 2.45) is 10.9 Å². The zero-order valence-corrected chi connectivity index (χ0v) is 13.2. The van der Waals surface area contributed by atoms with E-state index in [1.54, 1.807) is 12.4 Å². The van der Waals surface area contributed by atoms with Crippen molar-refractivity contribution in [3.63, 3.8) is 0 Å². The fraction of sp³-hybridized carbons (Fsp3) is 0.111. The molecule has 25 heavy (non-hydrogen) atoms. The molecular weight excluding hydrogens is 318 g/mol. The summed E-state index contributed by atoms with van der Waals surface area (Å²) in [5, 5.41) is 12.4. The number of oxime groups is 1. The van der Waals surface area contributed by atoms with Crippen LogP contribution in [0.5, 0.6) is 0 Å². The summed E-state index contributed by atoms with van der Waals surface area (Å²) in [7, 11) is 0. The highest BCUT2D eigenvalue weighted by molar-refractivity contribution is 6.04. The molecule has 0 bridgehead atoms. The molecule has 0 unspecified atom stereocenters. The standard InChI is InChI=1S/C18H15N5O2/c19-17(24)18-21-15(10-5-7-20-8-6-10)16(22-18)12-1-3-13-11(9-12)2-4-14(13)23-25/h1,3,5-9,25H,2,4H2,(H2,19,24)(H,21,22). The third-order valence-electron chi connectivity index (χ3n) is 4.35. The second kappa shape index (κ2) is 5.86. The maximum Gasteiger partial charge on any atom is 0.284 e. The first-order valence-corrected chi connectivity index (χ1v) is 7.82. The number of aromatic nitrogens is 3. The predicted molar refractivity (Wildman–Crippen MR) is 92.4 cm³/mol. The number of amides is 1. The lowest BCUT2D eigenvalue weighted by atomic mass is 10.0. The molecule has 1 aliphatic rings. The topological polar surface area (TPSA) is 117 Å². The second-order valence-corrected chi connectivity index (χ2v) is 5.83. The Morgan fingerprint density at radius 3 is 2.68 bits per heavy atom. The van der Waals surface area contributed by atoms with Crippen LogP contribution in [0.15, 0.2) is 47.9 Å². The number of H-pyrrole nitrogens is 1. The minimum Gasteiger partial charge on any atom is -0.411 e. The summed E-state index contributed by atoms with van der Waals surface area (Å²) in [6.07, 6.45) is 4.87. The number of imidazole rings is 1. The van der Waals surface area contributed by atoms with E-state index in [0.717, 1.165) is 28.7 Å². The Morgan fingerprint density at radius 1 is 1.16 bits per heavy atom. The van der Waals surface area contributed by atoms with Crippen molar-refractivity contribution in [2.45, 2.75) is 12.8 Å². The smallest absolute Gasteiger partial charge is 0.284 e. The van der Waals surface area contributed by atoms with Crippen LogP contribution in [0.4, 0.5) is 0 Å². The second-order valence-electron chi connectivity index (χ2n) is 5.83. The van der Waals surface area contributed by atoms with E-state index in [1.807, 2.05) is 30.3 Å². The molecule has 7 nitrogen and oxygen atoms in total. The number of aryl methyl sites for hydroxylation is 1. The number of primary amides is 1. The maximum atomic E-state index is 11.6. The van der Waals surface area contributed by atoms with Crippen LogP contribution in [-0.4, -0.2) is 31.8 Å². The average molecular weight is 333 g/mol. The van der Waals surface area contributed by atoms with E-state index < -0.39 is 5.91 Å². The number of nitrogens with one attached hydrogen (secondary N) is 1. The van der Waals surface area contributed by atoms with Crippen molar-refractivity contribution in [3.05, 3.63) is 59.7 Å². The lowest BCUT2D eigenvalue weighted by Gasteiger charge is -2.06. The van der Waals surface area contributed by atoms with Gasteiger partial charge < -0.3 is 15.9 Å². The van der Waals surface area contributed by atoms with Crippen LogP contribution in [0.2, 0.25) is 0 Å².